The number of likely N-dealkylation sites (tertiary alicyclic amines) is 1. The summed E-state index contributed by atoms with van der Waals surface area (Å²) in [4.78, 5) is 7.09. The number of piperidine rings is 1. The molecule has 0 amide bonds. The number of hydrogen-bond donors (Lipinski definition) is 1. The van der Waals surface area contributed by atoms with Gasteiger partial charge in [-0.05, 0) is 45.0 Å². The Kier molecular flexibility index (Phi) is 5.80. The zero-order valence-corrected chi connectivity index (χ0v) is 12.3. The van der Waals surface area contributed by atoms with E-state index in [1.165, 1.54) is 31.5 Å². The fourth-order valence-corrected chi connectivity index (χ4v) is 3.12. The van der Waals surface area contributed by atoms with Crippen LogP contribution in [0.3, 0.4) is 0 Å². The van der Waals surface area contributed by atoms with Crippen LogP contribution < -0.4 is 5.32 Å². The lowest BCUT2D eigenvalue weighted by Gasteiger charge is -2.39. The number of aromatic nitrogens is 1. The van der Waals surface area contributed by atoms with E-state index in [9.17, 15) is 0 Å². The maximum Gasteiger partial charge on any atom is 0.0416 e. The second-order valence-corrected chi connectivity index (χ2v) is 5.52. The number of pyridine rings is 1. The molecular formula is C16H27N3. The average molecular weight is 261 g/mol. The first-order chi connectivity index (χ1) is 9.31. The number of hydrogen-bond acceptors (Lipinski definition) is 3. The van der Waals surface area contributed by atoms with Gasteiger partial charge in [-0.2, -0.15) is 0 Å². The van der Waals surface area contributed by atoms with Gasteiger partial charge in [0.2, 0.25) is 0 Å². The second-order valence-electron chi connectivity index (χ2n) is 5.52. The van der Waals surface area contributed by atoms with E-state index in [1.807, 2.05) is 12.3 Å². The van der Waals surface area contributed by atoms with Crippen LogP contribution in [-0.4, -0.2) is 41.6 Å². The third kappa shape index (κ3) is 4.29. The Bertz CT molecular complexity index is 352. The molecule has 0 aromatic carbocycles. The van der Waals surface area contributed by atoms with E-state index in [2.05, 4.69) is 41.2 Å². The third-order valence-electron chi connectivity index (χ3n) is 4.15. The Balaban J connectivity index is 1.88. The van der Waals surface area contributed by atoms with Gasteiger partial charge >= 0.3 is 0 Å². The molecular weight excluding hydrogens is 234 g/mol. The first-order valence-electron chi connectivity index (χ1n) is 7.68. The summed E-state index contributed by atoms with van der Waals surface area (Å²) in [5.41, 5.74) is 1.21. The molecule has 3 heteroatoms. The molecule has 2 atom stereocenters. The average Bonchev–Trinajstić information content (AvgIpc) is 2.47. The molecule has 0 spiro atoms. The monoisotopic (exact) mass is 261 g/mol. The minimum atomic E-state index is 0.592. The number of likely N-dealkylation sites (N-methyl/N-ethyl adjacent to an activating group) is 1. The zero-order chi connectivity index (χ0) is 13.5. The van der Waals surface area contributed by atoms with Crippen molar-refractivity contribution in [2.75, 3.05) is 19.6 Å². The molecule has 2 heterocycles. The van der Waals surface area contributed by atoms with E-state index in [1.54, 1.807) is 0 Å². The molecule has 0 saturated carbocycles. The molecule has 0 aliphatic carbocycles. The van der Waals surface area contributed by atoms with Gasteiger partial charge in [-0.3, -0.25) is 9.88 Å². The molecule has 0 radical (unpaired) electrons. The van der Waals surface area contributed by atoms with E-state index in [0.29, 0.717) is 12.1 Å². The van der Waals surface area contributed by atoms with Crippen LogP contribution >= 0.6 is 0 Å². The molecule has 3 nitrogen and oxygen atoms in total. The van der Waals surface area contributed by atoms with Gasteiger partial charge in [-0.15, -0.1) is 0 Å². The van der Waals surface area contributed by atoms with Crippen molar-refractivity contribution in [1.29, 1.82) is 0 Å². The van der Waals surface area contributed by atoms with Crippen molar-refractivity contribution in [2.45, 2.75) is 51.6 Å². The lowest BCUT2D eigenvalue weighted by Crippen LogP contribution is -2.51. The summed E-state index contributed by atoms with van der Waals surface area (Å²) in [6, 6.07) is 7.48. The van der Waals surface area contributed by atoms with Crippen molar-refractivity contribution in [2.24, 2.45) is 0 Å². The summed E-state index contributed by atoms with van der Waals surface area (Å²) < 4.78 is 0. The quantitative estimate of drug-likeness (QED) is 0.852. The smallest absolute Gasteiger partial charge is 0.0416 e. The first-order valence-corrected chi connectivity index (χ1v) is 7.68. The van der Waals surface area contributed by atoms with Crippen molar-refractivity contribution in [3.63, 3.8) is 0 Å². The fourth-order valence-electron chi connectivity index (χ4n) is 3.12. The molecule has 19 heavy (non-hydrogen) atoms. The Labute approximate surface area is 117 Å². The molecule has 1 N–H and O–H groups in total. The first kappa shape index (κ1) is 14.5. The minimum absolute atomic E-state index is 0.592. The summed E-state index contributed by atoms with van der Waals surface area (Å²) >= 11 is 0. The minimum Gasteiger partial charge on any atom is -0.313 e. The van der Waals surface area contributed by atoms with Crippen molar-refractivity contribution >= 4 is 0 Å². The normalized spacial score (nSPS) is 22.3. The maximum atomic E-state index is 4.43. The molecule has 1 aromatic heterocycles. The van der Waals surface area contributed by atoms with E-state index in [0.717, 1.165) is 19.5 Å². The fraction of sp³-hybridized carbons (Fsp3) is 0.688. The number of rotatable bonds is 6. The SMILES string of the molecule is CCNC(C)C1CCCCN1CCc1ccccn1. The number of nitrogens with zero attached hydrogens (tertiary/aromatic N) is 2. The van der Waals surface area contributed by atoms with E-state index < -0.39 is 0 Å². The molecule has 2 unspecified atom stereocenters. The summed E-state index contributed by atoms with van der Waals surface area (Å²) in [5, 5.41) is 3.59. The lowest BCUT2D eigenvalue weighted by atomic mass is 9.96. The van der Waals surface area contributed by atoms with Crippen LogP contribution in [0.15, 0.2) is 24.4 Å². The van der Waals surface area contributed by atoms with Crippen molar-refractivity contribution < 1.29 is 0 Å². The standard InChI is InChI=1S/C16H27N3/c1-3-17-14(2)16-9-5-7-12-19(16)13-10-15-8-4-6-11-18-15/h4,6,8,11,14,16-17H,3,5,7,9-10,12-13H2,1-2H3. The highest BCUT2D eigenvalue weighted by Crippen LogP contribution is 2.20. The highest BCUT2D eigenvalue weighted by atomic mass is 15.2. The van der Waals surface area contributed by atoms with Crippen LogP contribution in [0.25, 0.3) is 0 Å². The van der Waals surface area contributed by atoms with E-state index in [4.69, 9.17) is 0 Å². The molecule has 0 bridgehead atoms. The van der Waals surface area contributed by atoms with Crippen LogP contribution in [0.1, 0.15) is 38.8 Å². The molecule has 1 aliphatic rings. The maximum absolute atomic E-state index is 4.43. The largest absolute Gasteiger partial charge is 0.313 e. The van der Waals surface area contributed by atoms with Gasteiger partial charge in [0.15, 0.2) is 0 Å². The predicted molar refractivity (Wildman–Crippen MR) is 80.3 cm³/mol. The van der Waals surface area contributed by atoms with E-state index in [-0.39, 0.29) is 0 Å². The van der Waals surface area contributed by atoms with Gasteiger partial charge < -0.3 is 5.32 Å². The summed E-state index contributed by atoms with van der Waals surface area (Å²) in [7, 11) is 0. The molecule has 2 rings (SSSR count). The number of nitrogens with one attached hydrogen (secondary N) is 1. The molecule has 1 aliphatic heterocycles. The molecule has 1 aromatic rings. The molecule has 1 saturated heterocycles. The lowest BCUT2D eigenvalue weighted by molar-refractivity contribution is 0.121. The van der Waals surface area contributed by atoms with E-state index >= 15 is 0 Å². The van der Waals surface area contributed by atoms with Gasteiger partial charge in [0.1, 0.15) is 0 Å². The van der Waals surface area contributed by atoms with Crippen LogP contribution in [0, 0.1) is 0 Å². The summed E-state index contributed by atoms with van der Waals surface area (Å²) in [5.74, 6) is 0. The van der Waals surface area contributed by atoms with Crippen LogP contribution in [0.5, 0.6) is 0 Å². The Morgan fingerprint density at radius 1 is 1.42 bits per heavy atom. The predicted octanol–water partition coefficient (Wildman–Crippen LogP) is 2.48. The van der Waals surface area contributed by atoms with Crippen LogP contribution in [-0.2, 0) is 6.42 Å². The van der Waals surface area contributed by atoms with Gasteiger partial charge in [0.05, 0.1) is 0 Å². The summed E-state index contributed by atoms with van der Waals surface area (Å²) in [6.07, 6.45) is 7.01. The Hall–Kier alpha value is -0.930. The highest BCUT2D eigenvalue weighted by Gasteiger charge is 2.26. The highest BCUT2D eigenvalue weighted by molar-refractivity contribution is 5.04. The zero-order valence-electron chi connectivity index (χ0n) is 12.3. The van der Waals surface area contributed by atoms with Crippen molar-refractivity contribution in [3.8, 4) is 0 Å². The topological polar surface area (TPSA) is 28.2 Å². The van der Waals surface area contributed by atoms with Crippen molar-refractivity contribution in [1.82, 2.24) is 15.2 Å². The van der Waals surface area contributed by atoms with Gasteiger partial charge in [-0.25, -0.2) is 0 Å². The van der Waals surface area contributed by atoms with Gasteiger partial charge in [0.25, 0.3) is 0 Å². The molecule has 106 valence electrons. The van der Waals surface area contributed by atoms with Crippen molar-refractivity contribution in [3.05, 3.63) is 30.1 Å². The summed E-state index contributed by atoms with van der Waals surface area (Å²) in [6.45, 7) is 7.96. The van der Waals surface area contributed by atoms with Gasteiger partial charge in [-0.1, -0.05) is 19.4 Å². The molecule has 1 fully saturated rings. The van der Waals surface area contributed by atoms with Gasteiger partial charge in [0, 0.05) is 36.9 Å². The Morgan fingerprint density at radius 2 is 2.32 bits per heavy atom. The third-order valence-corrected chi connectivity index (χ3v) is 4.15. The Morgan fingerprint density at radius 3 is 3.05 bits per heavy atom. The van der Waals surface area contributed by atoms with Crippen LogP contribution in [0.4, 0.5) is 0 Å². The van der Waals surface area contributed by atoms with Crippen LogP contribution in [0.2, 0.25) is 0 Å². The second kappa shape index (κ2) is 7.61.